The number of nitrogens with zero attached hydrogens (tertiary/aromatic N) is 1. The number of nitrogens with one attached hydrogen (secondary N) is 1. The summed E-state index contributed by atoms with van der Waals surface area (Å²) in [5.41, 5.74) is 7.29. The van der Waals surface area contributed by atoms with Crippen molar-refractivity contribution in [2.45, 2.75) is 56.0 Å². The summed E-state index contributed by atoms with van der Waals surface area (Å²) in [6.45, 7) is 1.76. The lowest BCUT2D eigenvalue weighted by Gasteiger charge is -2.45. The molecule has 0 radical (unpaired) electrons. The molecule has 3 rings (SSSR count). The highest BCUT2D eigenvalue weighted by Crippen LogP contribution is 2.40. The Bertz CT molecular complexity index is 725. The number of hydrogen-bond donors (Lipinski definition) is 2. The molecule has 5 nitrogen and oxygen atoms in total. The molecule has 1 aromatic rings. The van der Waals surface area contributed by atoms with Crippen LogP contribution in [0.15, 0.2) is 23.1 Å². The Morgan fingerprint density at radius 1 is 1.26 bits per heavy atom. The molecular formula is C17H23N3O2S. The smallest absolute Gasteiger partial charge is 0.240 e. The third-order valence-corrected chi connectivity index (χ3v) is 6.75. The van der Waals surface area contributed by atoms with Crippen LogP contribution in [-0.4, -0.2) is 20.5 Å². The molecule has 0 amide bonds. The number of hydrogen-bond acceptors (Lipinski definition) is 4. The standard InChI is InChI=1S/C17H23N3O2S/c1-11-7-16(6-5-14(11)10-18)23(21,22)20-17-12-3-2-4-13(17)9-15(19)8-12/h5-7,12-13,15,17,20H,2-4,8-9,19H2,1H3. The average Bonchev–Trinajstić information content (AvgIpc) is 2.48. The van der Waals surface area contributed by atoms with Crippen molar-refractivity contribution in [2.24, 2.45) is 17.6 Å². The monoisotopic (exact) mass is 333 g/mol. The topological polar surface area (TPSA) is 96.0 Å². The average molecular weight is 333 g/mol. The Kier molecular flexibility index (Phi) is 4.45. The molecule has 0 heterocycles. The van der Waals surface area contributed by atoms with E-state index in [1.807, 2.05) is 0 Å². The first-order valence-electron chi connectivity index (χ1n) is 8.19. The predicted octanol–water partition coefficient (Wildman–Crippen LogP) is 2.05. The summed E-state index contributed by atoms with van der Waals surface area (Å²) < 4.78 is 28.4. The van der Waals surface area contributed by atoms with Gasteiger partial charge in [-0.2, -0.15) is 5.26 Å². The number of benzene rings is 1. The van der Waals surface area contributed by atoms with E-state index < -0.39 is 10.0 Å². The van der Waals surface area contributed by atoms with Crippen LogP contribution < -0.4 is 10.5 Å². The van der Waals surface area contributed by atoms with Crippen molar-refractivity contribution >= 4 is 10.0 Å². The third-order valence-electron chi connectivity index (χ3n) is 5.30. The molecule has 6 heteroatoms. The van der Waals surface area contributed by atoms with Gasteiger partial charge in [-0.3, -0.25) is 0 Å². The van der Waals surface area contributed by atoms with E-state index >= 15 is 0 Å². The summed E-state index contributed by atoms with van der Waals surface area (Å²) >= 11 is 0. The Labute approximate surface area is 137 Å². The lowest BCUT2D eigenvalue weighted by Crippen LogP contribution is -2.53. The normalized spacial score (nSPS) is 30.7. The van der Waals surface area contributed by atoms with Crippen LogP contribution in [0.25, 0.3) is 0 Å². The molecule has 0 spiro atoms. The number of nitrogens with two attached hydrogens (primary N) is 1. The van der Waals surface area contributed by atoms with Gasteiger partial charge in [0.05, 0.1) is 16.5 Å². The summed E-state index contributed by atoms with van der Waals surface area (Å²) in [6.07, 6.45) is 5.05. The second kappa shape index (κ2) is 6.23. The van der Waals surface area contributed by atoms with Crippen molar-refractivity contribution in [3.8, 4) is 6.07 Å². The van der Waals surface area contributed by atoms with Gasteiger partial charge >= 0.3 is 0 Å². The fraction of sp³-hybridized carbons (Fsp3) is 0.588. The van der Waals surface area contributed by atoms with Gasteiger partial charge < -0.3 is 5.73 Å². The summed E-state index contributed by atoms with van der Waals surface area (Å²) in [5, 5.41) is 8.98. The lowest BCUT2D eigenvalue weighted by molar-refractivity contribution is 0.125. The number of sulfonamides is 1. The molecule has 1 aromatic carbocycles. The fourth-order valence-corrected chi connectivity index (χ4v) is 5.62. The highest BCUT2D eigenvalue weighted by atomic mass is 32.2. The maximum Gasteiger partial charge on any atom is 0.240 e. The van der Waals surface area contributed by atoms with E-state index in [1.165, 1.54) is 6.07 Å². The Balaban J connectivity index is 1.84. The Morgan fingerprint density at radius 2 is 1.91 bits per heavy atom. The van der Waals surface area contributed by atoms with Gasteiger partial charge in [0.1, 0.15) is 0 Å². The molecule has 3 N–H and O–H groups in total. The van der Waals surface area contributed by atoms with Crippen molar-refractivity contribution in [3.05, 3.63) is 29.3 Å². The second-order valence-corrected chi connectivity index (χ2v) is 8.63. The Hall–Kier alpha value is -1.42. The first-order chi connectivity index (χ1) is 10.9. The van der Waals surface area contributed by atoms with Gasteiger partial charge in [-0.05, 0) is 68.2 Å². The molecule has 2 aliphatic carbocycles. The van der Waals surface area contributed by atoms with Crippen molar-refractivity contribution in [2.75, 3.05) is 0 Å². The maximum atomic E-state index is 12.7. The third kappa shape index (κ3) is 3.27. The summed E-state index contributed by atoms with van der Waals surface area (Å²) in [5.74, 6) is 0.679. The Morgan fingerprint density at radius 3 is 2.48 bits per heavy atom. The zero-order chi connectivity index (χ0) is 16.6. The van der Waals surface area contributed by atoms with Crippen LogP contribution >= 0.6 is 0 Å². The molecule has 2 saturated carbocycles. The largest absolute Gasteiger partial charge is 0.328 e. The van der Waals surface area contributed by atoms with E-state index in [0.717, 1.165) is 32.1 Å². The van der Waals surface area contributed by atoms with Gasteiger partial charge in [-0.1, -0.05) is 6.42 Å². The minimum Gasteiger partial charge on any atom is -0.328 e. The fourth-order valence-electron chi connectivity index (χ4n) is 4.16. The van der Waals surface area contributed by atoms with E-state index in [2.05, 4.69) is 10.8 Å². The van der Waals surface area contributed by atoms with Gasteiger partial charge in [-0.25, -0.2) is 13.1 Å². The molecule has 23 heavy (non-hydrogen) atoms. The van der Waals surface area contributed by atoms with Gasteiger partial charge in [0.2, 0.25) is 10.0 Å². The molecule has 2 unspecified atom stereocenters. The van der Waals surface area contributed by atoms with E-state index in [1.54, 1.807) is 19.1 Å². The van der Waals surface area contributed by atoms with Crippen LogP contribution in [0, 0.1) is 30.1 Å². The quantitative estimate of drug-likeness (QED) is 0.885. The van der Waals surface area contributed by atoms with Gasteiger partial charge in [0, 0.05) is 12.1 Å². The van der Waals surface area contributed by atoms with Crippen LogP contribution in [0.2, 0.25) is 0 Å². The zero-order valence-electron chi connectivity index (χ0n) is 13.3. The van der Waals surface area contributed by atoms with Gasteiger partial charge in [-0.15, -0.1) is 0 Å². The highest BCUT2D eigenvalue weighted by molar-refractivity contribution is 7.89. The first-order valence-corrected chi connectivity index (χ1v) is 9.67. The van der Waals surface area contributed by atoms with E-state index in [4.69, 9.17) is 11.0 Å². The summed E-state index contributed by atoms with van der Waals surface area (Å²) in [7, 11) is -3.57. The van der Waals surface area contributed by atoms with Crippen LogP contribution in [0.5, 0.6) is 0 Å². The molecule has 0 saturated heterocycles. The van der Waals surface area contributed by atoms with Crippen LogP contribution in [0.1, 0.15) is 43.2 Å². The summed E-state index contributed by atoms with van der Waals surface area (Å²) in [6, 6.07) is 6.91. The first kappa shape index (κ1) is 16.4. The van der Waals surface area contributed by atoms with Crippen LogP contribution in [-0.2, 0) is 10.0 Å². The van der Waals surface area contributed by atoms with E-state index in [9.17, 15) is 8.42 Å². The highest BCUT2D eigenvalue weighted by Gasteiger charge is 2.41. The number of aryl methyl sites for hydroxylation is 1. The molecule has 124 valence electrons. The van der Waals surface area contributed by atoms with Crippen molar-refractivity contribution in [1.82, 2.24) is 4.72 Å². The SMILES string of the molecule is Cc1cc(S(=O)(=O)NC2C3CCCC2CC(N)C3)ccc1C#N. The molecule has 2 atom stereocenters. The minimum absolute atomic E-state index is 0.00972. The molecule has 0 aliphatic heterocycles. The summed E-state index contributed by atoms with van der Waals surface area (Å²) in [4.78, 5) is 0.238. The van der Waals surface area contributed by atoms with Crippen molar-refractivity contribution < 1.29 is 8.42 Å². The molecule has 2 aliphatic rings. The van der Waals surface area contributed by atoms with Crippen LogP contribution in [0.3, 0.4) is 0 Å². The van der Waals surface area contributed by atoms with Crippen molar-refractivity contribution in [3.63, 3.8) is 0 Å². The molecular weight excluding hydrogens is 310 g/mol. The van der Waals surface area contributed by atoms with Gasteiger partial charge in [0.25, 0.3) is 0 Å². The van der Waals surface area contributed by atoms with Crippen LogP contribution in [0.4, 0.5) is 0 Å². The minimum atomic E-state index is -3.57. The number of nitriles is 1. The van der Waals surface area contributed by atoms with E-state index in [0.29, 0.717) is 23.0 Å². The second-order valence-electron chi connectivity index (χ2n) is 6.92. The van der Waals surface area contributed by atoms with E-state index in [-0.39, 0.29) is 17.0 Å². The molecule has 0 aromatic heterocycles. The molecule has 2 bridgehead atoms. The maximum absolute atomic E-state index is 12.7. The molecule has 2 fully saturated rings. The van der Waals surface area contributed by atoms with Crippen molar-refractivity contribution in [1.29, 1.82) is 5.26 Å². The van der Waals surface area contributed by atoms with Gasteiger partial charge in [0.15, 0.2) is 0 Å². The number of rotatable bonds is 3. The lowest BCUT2D eigenvalue weighted by atomic mass is 9.67. The predicted molar refractivity (Wildman–Crippen MR) is 88.0 cm³/mol. The number of fused-ring (bicyclic) bond motifs is 2. The zero-order valence-corrected chi connectivity index (χ0v) is 14.1.